The minimum atomic E-state index is 0. The number of hydrogen-bond acceptors (Lipinski definition) is 5. The van der Waals surface area contributed by atoms with Crippen LogP contribution in [0.4, 0.5) is 0 Å². The first-order valence-electron chi connectivity index (χ1n) is 8.99. The van der Waals surface area contributed by atoms with E-state index in [9.17, 15) is 0 Å². The summed E-state index contributed by atoms with van der Waals surface area (Å²) in [7, 11) is 0. The molecule has 0 bridgehead atoms. The van der Waals surface area contributed by atoms with Crippen LogP contribution in [0.25, 0.3) is 0 Å². The van der Waals surface area contributed by atoms with Gasteiger partial charge in [-0.05, 0) is 36.1 Å². The van der Waals surface area contributed by atoms with Crippen molar-refractivity contribution in [3.8, 4) is 11.5 Å². The third-order valence-electron chi connectivity index (χ3n) is 3.86. The maximum absolute atomic E-state index is 5.75. The maximum atomic E-state index is 5.75. The Morgan fingerprint density at radius 1 is 0.800 bits per heavy atom. The van der Waals surface area contributed by atoms with E-state index in [0.717, 1.165) is 43.8 Å². The van der Waals surface area contributed by atoms with E-state index in [1.54, 1.807) is 0 Å². The summed E-state index contributed by atoms with van der Waals surface area (Å²) in [6.45, 7) is 8.47. The van der Waals surface area contributed by atoms with Crippen LogP contribution in [0.15, 0.2) is 12.1 Å². The van der Waals surface area contributed by atoms with Crippen molar-refractivity contribution in [3.05, 3.63) is 23.3 Å². The van der Waals surface area contributed by atoms with E-state index >= 15 is 0 Å². The Hall–Kier alpha value is -0.0273. The van der Waals surface area contributed by atoms with E-state index in [4.69, 9.17) is 23.7 Å². The number of rotatable bonds is 13. The predicted molar refractivity (Wildman–Crippen MR) is 92.8 cm³/mol. The Morgan fingerprint density at radius 2 is 1.40 bits per heavy atom. The Balaban J connectivity index is 0.00000312. The molecule has 0 unspecified atom stereocenters. The quantitative estimate of drug-likeness (QED) is 0.386. The second-order valence-corrected chi connectivity index (χ2v) is 5.86. The van der Waals surface area contributed by atoms with E-state index in [1.807, 2.05) is 6.07 Å². The second-order valence-electron chi connectivity index (χ2n) is 5.86. The molecule has 1 aliphatic rings. The topological polar surface area (TPSA) is 46.2 Å². The summed E-state index contributed by atoms with van der Waals surface area (Å²) in [5, 5.41) is 0. The SMILES string of the molecule is CCCCOCCOCCOCc1cc2c(cc1CCC)OCO2.[Dy]. The molecule has 0 amide bonds. The van der Waals surface area contributed by atoms with Gasteiger partial charge in [0.15, 0.2) is 11.5 Å². The van der Waals surface area contributed by atoms with Crippen LogP contribution in [0.3, 0.4) is 0 Å². The van der Waals surface area contributed by atoms with Gasteiger partial charge in [-0.2, -0.15) is 0 Å². The van der Waals surface area contributed by atoms with Crippen molar-refractivity contribution >= 4 is 0 Å². The molecule has 0 radical (unpaired) electrons. The van der Waals surface area contributed by atoms with Gasteiger partial charge in [0.1, 0.15) is 0 Å². The molecule has 0 fully saturated rings. The van der Waals surface area contributed by atoms with Gasteiger partial charge in [-0.3, -0.25) is 0 Å². The van der Waals surface area contributed by atoms with Crippen LogP contribution in [0.1, 0.15) is 44.2 Å². The summed E-state index contributed by atoms with van der Waals surface area (Å²) in [4.78, 5) is 0. The molecule has 0 aromatic heterocycles. The summed E-state index contributed by atoms with van der Waals surface area (Å²) in [5.41, 5.74) is 2.44. The Morgan fingerprint density at radius 3 is 2.04 bits per heavy atom. The minimum Gasteiger partial charge on any atom is -0.454 e. The molecule has 6 heteroatoms. The van der Waals surface area contributed by atoms with Crippen LogP contribution in [-0.4, -0.2) is 39.8 Å². The molecule has 1 aromatic carbocycles. The average Bonchev–Trinajstić information content (AvgIpc) is 3.04. The van der Waals surface area contributed by atoms with Crippen molar-refractivity contribution < 1.29 is 61.9 Å². The molecule has 1 aliphatic heterocycles. The molecule has 0 atom stereocenters. The molecule has 25 heavy (non-hydrogen) atoms. The van der Waals surface area contributed by atoms with Gasteiger partial charge in [-0.25, -0.2) is 0 Å². The van der Waals surface area contributed by atoms with E-state index in [0.29, 0.717) is 39.8 Å². The molecule has 1 heterocycles. The van der Waals surface area contributed by atoms with Gasteiger partial charge in [0.2, 0.25) is 6.79 Å². The normalized spacial score (nSPS) is 12.2. The second kappa shape index (κ2) is 14.1. The summed E-state index contributed by atoms with van der Waals surface area (Å²) < 4.78 is 27.6. The standard InChI is InChI=1S/C19H30O5.Dy/c1-3-5-7-20-8-9-21-10-11-22-14-17-13-19-18(23-15-24-19)12-16(17)6-4-2;/h12-13H,3-11,14-15H2,1-2H3;. The number of ether oxygens (including phenoxy) is 5. The van der Waals surface area contributed by atoms with Gasteiger partial charge in [0, 0.05) is 44.8 Å². The van der Waals surface area contributed by atoms with Crippen molar-refractivity contribution in [2.75, 3.05) is 39.8 Å². The Labute approximate surface area is 181 Å². The van der Waals surface area contributed by atoms with Gasteiger partial charge in [0.25, 0.3) is 0 Å². The third-order valence-corrected chi connectivity index (χ3v) is 3.86. The van der Waals surface area contributed by atoms with Crippen molar-refractivity contribution in [2.45, 2.75) is 46.1 Å². The fraction of sp³-hybridized carbons (Fsp3) is 0.684. The zero-order valence-electron chi connectivity index (χ0n) is 15.3. The summed E-state index contributed by atoms with van der Waals surface area (Å²) in [5.74, 6) is 1.66. The smallest absolute Gasteiger partial charge is 0.231 e. The first-order chi connectivity index (χ1) is 11.8. The van der Waals surface area contributed by atoms with Crippen LogP contribution < -0.4 is 9.47 Å². The van der Waals surface area contributed by atoms with Gasteiger partial charge in [0.05, 0.1) is 33.0 Å². The Kier molecular flexibility index (Phi) is 13.0. The van der Waals surface area contributed by atoms with Crippen LogP contribution in [-0.2, 0) is 27.2 Å². The van der Waals surface area contributed by atoms with E-state index in [-0.39, 0.29) is 38.2 Å². The summed E-state index contributed by atoms with van der Waals surface area (Å²) in [6, 6.07) is 4.12. The molecule has 0 aliphatic carbocycles. The largest absolute Gasteiger partial charge is 0.454 e. The van der Waals surface area contributed by atoms with Crippen LogP contribution in [0.5, 0.6) is 11.5 Å². The molecule has 146 valence electrons. The van der Waals surface area contributed by atoms with Gasteiger partial charge in [-0.1, -0.05) is 26.7 Å². The van der Waals surface area contributed by atoms with E-state index in [2.05, 4.69) is 19.9 Å². The number of hydrogen-bond donors (Lipinski definition) is 0. The fourth-order valence-corrected chi connectivity index (χ4v) is 2.53. The molecule has 1 aromatic rings. The number of aryl methyl sites for hydroxylation is 1. The summed E-state index contributed by atoms with van der Waals surface area (Å²) >= 11 is 0. The molecular formula is C19H30DyO5. The molecule has 0 saturated heterocycles. The van der Waals surface area contributed by atoms with Crippen LogP contribution in [0, 0.1) is 38.2 Å². The summed E-state index contributed by atoms with van der Waals surface area (Å²) in [6.07, 6.45) is 4.38. The van der Waals surface area contributed by atoms with Crippen LogP contribution in [0.2, 0.25) is 0 Å². The first kappa shape index (κ1) is 23.0. The molecule has 0 N–H and O–H groups in total. The number of unbranched alkanes of at least 4 members (excludes halogenated alkanes) is 1. The minimum absolute atomic E-state index is 0. The Bertz CT molecular complexity index is 481. The number of benzene rings is 1. The van der Waals surface area contributed by atoms with Gasteiger partial charge >= 0.3 is 0 Å². The monoisotopic (exact) mass is 502 g/mol. The van der Waals surface area contributed by atoms with Crippen molar-refractivity contribution in [2.24, 2.45) is 0 Å². The van der Waals surface area contributed by atoms with Crippen molar-refractivity contribution in [1.29, 1.82) is 0 Å². The van der Waals surface area contributed by atoms with Gasteiger partial charge in [-0.15, -0.1) is 0 Å². The first-order valence-corrected chi connectivity index (χ1v) is 8.99. The molecule has 2 rings (SSSR count). The van der Waals surface area contributed by atoms with Gasteiger partial charge < -0.3 is 23.7 Å². The fourth-order valence-electron chi connectivity index (χ4n) is 2.53. The molecule has 5 nitrogen and oxygen atoms in total. The zero-order chi connectivity index (χ0) is 17.0. The molecule has 0 saturated carbocycles. The van der Waals surface area contributed by atoms with E-state index < -0.39 is 0 Å². The van der Waals surface area contributed by atoms with E-state index in [1.165, 1.54) is 11.1 Å². The zero-order valence-corrected chi connectivity index (χ0v) is 17.3. The maximum Gasteiger partial charge on any atom is 0.231 e. The molecule has 0 spiro atoms. The predicted octanol–water partition coefficient (Wildman–Crippen LogP) is 3.72. The van der Waals surface area contributed by atoms with Crippen LogP contribution >= 0.6 is 0 Å². The number of fused-ring (bicyclic) bond motifs is 1. The third kappa shape index (κ3) is 8.47. The molecular weight excluding hydrogens is 471 g/mol. The average molecular weight is 501 g/mol. The van der Waals surface area contributed by atoms with Crippen molar-refractivity contribution in [3.63, 3.8) is 0 Å². The van der Waals surface area contributed by atoms with Crippen molar-refractivity contribution in [1.82, 2.24) is 0 Å².